The highest BCUT2D eigenvalue weighted by atomic mass is 35.5. The number of halogens is 2. The van der Waals surface area contributed by atoms with Crippen LogP contribution in [-0.4, -0.2) is 30.5 Å². The van der Waals surface area contributed by atoms with Gasteiger partial charge in [0.1, 0.15) is 5.82 Å². The van der Waals surface area contributed by atoms with E-state index in [2.05, 4.69) is 10.3 Å². The number of carbonyl (C=O) groups excluding carboxylic acids is 1. The van der Waals surface area contributed by atoms with Gasteiger partial charge in [-0.05, 0) is 31.9 Å². The van der Waals surface area contributed by atoms with Gasteiger partial charge in [0.05, 0.1) is 17.8 Å². The Morgan fingerprint density at radius 1 is 1.36 bits per heavy atom. The second kappa shape index (κ2) is 8.56. The Balaban J connectivity index is 0.00000220. The van der Waals surface area contributed by atoms with Crippen molar-refractivity contribution in [2.24, 2.45) is 11.7 Å². The highest BCUT2D eigenvalue weighted by molar-refractivity contribution is 5.92. The van der Waals surface area contributed by atoms with E-state index in [9.17, 15) is 4.79 Å². The zero-order valence-electron chi connectivity index (χ0n) is 13.3. The topological polar surface area (TPSA) is 71.2 Å². The molecular formula is C15H26Cl2N4O. The van der Waals surface area contributed by atoms with Gasteiger partial charge in [-0.15, -0.1) is 24.8 Å². The molecule has 1 amide bonds. The number of nitrogens with zero attached hydrogens (tertiary/aromatic N) is 2. The quantitative estimate of drug-likeness (QED) is 0.880. The molecule has 2 unspecified atom stereocenters. The average Bonchev–Trinajstić information content (AvgIpc) is 2.38. The smallest absolute Gasteiger partial charge is 0.230 e. The fraction of sp³-hybridized carbons (Fsp3) is 0.600. The number of hydrogen-bond acceptors (Lipinski definition) is 4. The molecule has 0 saturated heterocycles. The maximum Gasteiger partial charge on any atom is 0.230 e. The van der Waals surface area contributed by atoms with E-state index >= 15 is 0 Å². The Bertz CT molecular complexity index is 477. The summed E-state index contributed by atoms with van der Waals surface area (Å²) in [4.78, 5) is 18.6. The lowest BCUT2D eigenvalue weighted by Gasteiger charge is -2.37. The Labute approximate surface area is 144 Å². The Kier molecular flexibility index (Phi) is 8.15. The number of carbonyl (C=O) groups is 1. The largest absolute Gasteiger partial charge is 0.376 e. The molecule has 7 heteroatoms. The minimum Gasteiger partial charge on any atom is -0.376 e. The highest BCUT2D eigenvalue weighted by Crippen LogP contribution is 2.32. The van der Waals surface area contributed by atoms with Gasteiger partial charge in [-0.1, -0.05) is 12.8 Å². The summed E-state index contributed by atoms with van der Waals surface area (Å²) in [6, 6.07) is 3.76. The van der Waals surface area contributed by atoms with Crippen LogP contribution in [0.5, 0.6) is 0 Å². The van der Waals surface area contributed by atoms with E-state index in [4.69, 9.17) is 5.73 Å². The van der Waals surface area contributed by atoms with Crippen molar-refractivity contribution in [2.45, 2.75) is 38.1 Å². The molecule has 1 fully saturated rings. The molecule has 126 valence electrons. The van der Waals surface area contributed by atoms with Crippen molar-refractivity contribution >= 4 is 42.2 Å². The third-order valence-electron chi connectivity index (χ3n) is 4.09. The molecule has 1 heterocycles. The van der Waals surface area contributed by atoms with Crippen molar-refractivity contribution in [3.8, 4) is 0 Å². The van der Waals surface area contributed by atoms with Crippen LogP contribution in [0, 0.1) is 5.92 Å². The number of aromatic nitrogens is 1. The summed E-state index contributed by atoms with van der Waals surface area (Å²) < 4.78 is 0. The molecule has 0 spiro atoms. The molecule has 2 atom stereocenters. The molecule has 1 saturated carbocycles. The lowest BCUT2D eigenvalue weighted by molar-refractivity contribution is -0.122. The van der Waals surface area contributed by atoms with E-state index in [0.717, 1.165) is 31.4 Å². The molecule has 1 aromatic rings. The summed E-state index contributed by atoms with van der Waals surface area (Å²) >= 11 is 0. The second-order valence-electron chi connectivity index (χ2n) is 6.09. The SMILES string of the molecule is CN(C)c1ccc(NC(=O)C2CCCCC2(C)N)nc1.Cl.Cl. The number of rotatable bonds is 3. The van der Waals surface area contributed by atoms with Crippen molar-refractivity contribution in [1.29, 1.82) is 0 Å². The van der Waals surface area contributed by atoms with E-state index < -0.39 is 5.54 Å². The lowest BCUT2D eigenvalue weighted by atomic mass is 9.74. The van der Waals surface area contributed by atoms with Gasteiger partial charge in [-0.2, -0.15) is 0 Å². The van der Waals surface area contributed by atoms with Crippen LogP contribution in [0.1, 0.15) is 32.6 Å². The zero-order chi connectivity index (χ0) is 14.8. The fourth-order valence-electron chi connectivity index (χ4n) is 2.73. The Morgan fingerprint density at radius 3 is 2.55 bits per heavy atom. The van der Waals surface area contributed by atoms with E-state index in [-0.39, 0.29) is 36.6 Å². The molecule has 5 nitrogen and oxygen atoms in total. The van der Waals surface area contributed by atoms with E-state index in [0.29, 0.717) is 5.82 Å². The summed E-state index contributed by atoms with van der Waals surface area (Å²) in [5.41, 5.74) is 6.85. The van der Waals surface area contributed by atoms with Crippen LogP contribution in [-0.2, 0) is 4.79 Å². The molecule has 0 aliphatic heterocycles. The van der Waals surface area contributed by atoms with Crippen LogP contribution in [0.2, 0.25) is 0 Å². The standard InChI is InChI=1S/C15H24N4O.2ClH/c1-15(16)9-5-4-6-12(15)14(20)18-13-8-7-11(10-17-13)19(2)3;;/h7-8,10,12H,4-6,9,16H2,1-3H3,(H,17,18,20);2*1H. The Hall–Kier alpha value is -1.04. The number of nitrogens with one attached hydrogen (secondary N) is 1. The van der Waals surface area contributed by atoms with Crippen molar-refractivity contribution < 1.29 is 4.79 Å². The highest BCUT2D eigenvalue weighted by Gasteiger charge is 2.37. The number of nitrogens with two attached hydrogens (primary N) is 1. The zero-order valence-corrected chi connectivity index (χ0v) is 15.0. The van der Waals surface area contributed by atoms with Crippen LogP contribution >= 0.6 is 24.8 Å². The molecule has 0 radical (unpaired) electrons. The predicted molar refractivity (Wildman–Crippen MR) is 96.2 cm³/mol. The number of amides is 1. The third-order valence-corrected chi connectivity index (χ3v) is 4.09. The minimum atomic E-state index is -0.411. The molecule has 1 aliphatic carbocycles. The fourth-order valence-corrected chi connectivity index (χ4v) is 2.73. The van der Waals surface area contributed by atoms with Gasteiger partial charge in [0.25, 0.3) is 0 Å². The first kappa shape index (κ1) is 21.0. The van der Waals surface area contributed by atoms with Gasteiger partial charge in [-0.3, -0.25) is 4.79 Å². The number of pyridine rings is 1. The Morgan fingerprint density at radius 2 is 2.05 bits per heavy atom. The molecular weight excluding hydrogens is 323 g/mol. The average molecular weight is 349 g/mol. The first-order valence-electron chi connectivity index (χ1n) is 7.13. The first-order valence-corrected chi connectivity index (χ1v) is 7.13. The van der Waals surface area contributed by atoms with Crippen LogP contribution in [0.4, 0.5) is 11.5 Å². The molecule has 2 rings (SSSR count). The van der Waals surface area contributed by atoms with Gasteiger partial charge in [0.2, 0.25) is 5.91 Å². The van der Waals surface area contributed by atoms with Crippen LogP contribution in [0.15, 0.2) is 18.3 Å². The van der Waals surface area contributed by atoms with Gasteiger partial charge < -0.3 is 16.0 Å². The lowest BCUT2D eigenvalue weighted by Crippen LogP contribution is -2.51. The van der Waals surface area contributed by atoms with Crippen LogP contribution < -0.4 is 16.0 Å². The molecule has 3 N–H and O–H groups in total. The number of anilines is 2. The first-order chi connectivity index (χ1) is 9.40. The van der Waals surface area contributed by atoms with Crippen LogP contribution in [0.3, 0.4) is 0 Å². The maximum atomic E-state index is 12.4. The van der Waals surface area contributed by atoms with E-state index in [1.54, 1.807) is 6.20 Å². The van der Waals surface area contributed by atoms with Gasteiger partial charge in [-0.25, -0.2) is 4.98 Å². The summed E-state index contributed by atoms with van der Waals surface area (Å²) in [7, 11) is 3.91. The summed E-state index contributed by atoms with van der Waals surface area (Å²) in [5.74, 6) is 0.438. The van der Waals surface area contributed by atoms with Crippen molar-refractivity contribution in [3.63, 3.8) is 0 Å². The van der Waals surface area contributed by atoms with E-state index in [1.807, 2.05) is 38.1 Å². The van der Waals surface area contributed by atoms with Gasteiger partial charge in [0, 0.05) is 19.6 Å². The summed E-state index contributed by atoms with van der Waals surface area (Å²) in [5, 5.41) is 2.88. The maximum absolute atomic E-state index is 12.4. The van der Waals surface area contributed by atoms with E-state index in [1.165, 1.54) is 0 Å². The molecule has 1 aromatic heterocycles. The van der Waals surface area contributed by atoms with Gasteiger partial charge in [0.15, 0.2) is 0 Å². The molecule has 22 heavy (non-hydrogen) atoms. The third kappa shape index (κ3) is 5.00. The summed E-state index contributed by atoms with van der Waals surface area (Å²) in [6.45, 7) is 1.97. The van der Waals surface area contributed by atoms with Gasteiger partial charge >= 0.3 is 0 Å². The predicted octanol–water partition coefficient (Wildman–Crippen LogP) is 2.84. The minimum absolute atomic E-state index is 0. The molecule has 0 aromatic carbocycles. The van der Waals surface area contributed by atoms with Crippen LogP contribution in [0.25, 0.3) is 0 Å². The van der Waals surface area contributed by atoms with Crippen molar-refractivity contribution in [3.05, 3.63) is 18.3 Å². The normalized spacial score (nSPS) is 23.7. The second-order valence-corrected chi connectivity index (χ2v) is 6.09. The molecule has 1 aliphatic rings. The van der Waals surface area contributed by atoms with Crippen molar-refractivity contribution in [1.82, 2.24) is 4.98 Å². The van der Waals surface area contributed by atoms with Crippen molar-refractivity contribution in [2.75, 3.05) is 24.3 Å². The summed E-state index contributed by atoms with van der Waals surface area (Å²) in [6.07, 6.45) is 5.68. The molecule has 0 bridgehead atoms. The number of hydrogen-bond donors (Lipinski definition) is 2. The monoisotopic (exact) mass is 348 g/mol.